The van der Waals surface area contributed by atoms with Crippen molar-refractivity contribution in [3.63, 3.8) is 0 Å². The Balaban J connectivity index is 2.67. The Kier molecular flexibility index (Phi) is 3.22. The molecule has 1 amide bonds. The van der Waals surface area contributed by atoms with Crippen LogP contribution < -0.4 is 5.32 Å². The van der Waals surface area contributed by atoms with Gasteiger partial charge in [-0.25, -0.2) is 4.79 Å². The minimum atomic E-state index is -1.17. The molecule has 0 aliphatic heterocycles. The molecule has 0 aliphatic carbocycles. The molecule has 0 saturated heterocycles. The summed E-state index contributed by atoms with van der Waals surface area (Å²) in [5.41, 5.74) is 0.0863. The Hall–Kier alpha value is -2.11. The van der Waals surface area contributed by atoms with Gasteiger partial charge < -0.3 is 14.9 Å². The Labute approximate surface area is 85.6 Å². The summed E-state index contributed by atoms with van der Waals surface area (Å²) in [5.74, 6) is -0.870. The van der Waals surface area contributed by atoms with Gasteiger partial charge >= 0.3 is 5.97 Å². The molecule has 0 fully saturated rings. The van der Waals surface area contributed by atoms with Crippen molar-refractivity contribution in [2.24, 2.45) is 0 Å². The van der Waals surface area contributed by atoms with Gasteiger partial charge in [-0.2, -0.15) is 0 Å². The van der Waals surface area contributed by atoms with Crippen LogP contribution in [0, 0.1) is 6.92 Å². The van der Waals surface area contributed by atoms with E-state index in [0.717, 1.165) is 6.08 Å². The first-order valence-corrected chi connectivity index (χ1v) is 4.15. The van der Waals surface area contributed by atoms with E-state index in [2.05, 4.69) is 10.5 Å². The minimum Gasteiger partial charge on any atom is -0.478 e. The molecule has 0 radical (unpaired) electrons. The summed E-state index contributed by atoms with van der Waals surface area (Å²) in [7, 11) is 0. The molecule has 0 saturated carbocycles. The van der Waals surface area contributed by atoms with Crippen LogP contribution in [0.25, 0.3) is 0 Å². The highest BCUT2D eigenvalue weighted by Gasteiger charge is 2.08. The number of hydrogen-bond donors (Lipinski definition) is 2. The highest BCUT2D eigenvalue weighted by molar-refractivity contribution is 6.05. The first kappa shape index (κ1) is 11.0. The Morgan fingerprint density at radius 3 is 2.73 bits per heavy atom. The van der Waals surface area contributed by atoms with Crippen molar-refractivity contribution in [1.82, 2.24) is 5.16 Å². The van der Waals surface area contributed by atoms with Crippen LogP contribution in [0.2, 0.25) is 0 Å². The predicted octanol–water partition coefficient (Wildman–Crippen LogP) is 0.952. The van der Waals surface area contributed by atoms with Crippen LogP contribution in [-0.2, 0) is 9.59 Å². The van der Waals surface area contributed by atoms with Gasteiger partial charge in [-0.05, 0) is 13.8 Å². The molecule has 0 aromatic carbocycles. The fourth-order valence-electron chi connectivity index (χ4n) is 0.891. The molecule has 1 aromatic rings. The van der Waals surface area contributed by atoms with Gasteiger partial charge in [0.05, 0.1) is 0 Å². The quantitative estimate of drug-likeness (QED) is 0.724. The first-order valence-electron chi connectivity index (χ1n) is 4.15. The van der Waals surface area contributed by atoms with Crippen LogP contribution in [0.15, 0.2) is 22.2 Å². The molecule has 0 spiro atoms. The highest BCUT2D eigenvalue weighted by Crippen LogP contribution is 2.08. The van der Waals surface area contributed by atoms with E-state index in [4.69, 9.17) is 9.63 Å². The number of anilines is 1. The standard InChI is InChI=1S/C9H10N2O4/c1-5(3-8(12)13)9(14)10-7-4-6(2)15-11-7/h3-4H,1-2H3,(H,12,13)(H,10,11,14)/b5-3+. The zero-order valence-electron chi connectivity index (χ0n) is 8.27. The summed E-state index contributed by atoms with van der Waals surface area (Å²) in [5, 5.41) is 14.3. The number of aryl methyl sites for hydroxylation is 1. The number of carbonyl (C=O) groups is 2. The summed E-state index contributed by atoms with van der Waals surface area (Å²) >= 11 is 0. The molecule has 0 aliphatic rings. The van der Waals surface area contributed by atoms with E-state index in [0.29, 0.717) is 5.76 Å². The zero-order valence-corrected chi connectivity index (χ0v) is 8.27. The monoisotopic (exact) mass is 210 g/mol. The molecule has 1 rings (SSSR count). The van der Waals surface area contributed by atoms with Gasteiger partial charge in [-0.3, -0.25) is 4.79 Å². The normalized spacial score (nSPS) is 11.2. The van der Waals surface area contributed by atoms with E-state index in [9.17, 15) is 9.59 Å². The van der Waals surface area contributed by atoms with Crippen LogP contribution in [0.3, 0.4) is 0 Å². The van der Waals surface area contributed by atoms with E-state index in [1.54, 1.807) is 6.92 Å². The summed E-state index contributed by atoms with van der Waals surface area (Å²) in [4.78, 5) is 21.6. The van der Waals surface area contributed by atoms with Crippen molar-refractivity contribution in [3.8, 4) is 0 Å². The number of rotatable bonds is 3. The highest BCUT2D eigenvalue weighted by atomic mass is 16.5. The lowest BCUT2D eigenvalue weighted by Gasteiger charge is -1.99. The summed E-state index contributed by atoms with van der Waals surface area (Å²) in [6.45, 7) is 3.08. The first-order chi connectivity index (χ1) is 6.99. The molecule has 0 unspecified atom stereocenters. The lowest BCUT2D eigenvalue weighted by Crippen LogP contribution is -2.13. The molecule has 80 valence electrons. The summed E-state index contributed by atoms with van der Waals surface area (Å²) < 4.78 is 4.73. The second-order valence-electron chi connectivity index (χ2n) is 2.94. The number of amides is 1. The zero-order chi connectivity index (χ0) is 11.4. The Morgan fingerprint density at radius 2 is 2.27 bits per heavy atom. The van der Waals surface area contributed by atoms with E-state index in [-0.39, 0.29) is 11.4 Å². The van der Waals surface area contributed by atoms with Gasteiger partial charge in [0.1, 0.15) is 5.76 Å². The van der Waals surface area contributed by atoms with E-state index in [1.807, 2.05) is 0 Å². The molecular weight excluding hydrogens is 200 g/mol. The van der Waals surface area contributed by atoms with E-state index in [1.165, 1.54) is 13.0 Å². The fraction of sp³-hybridized carbons (Fsp3) is 0.222. The molecule has 6 nitrogen and oxygen atoms in total. The number of carboxylic acids is 1. The van der Waals surface area contributed by atoms with Crippen LogP contribution in [0.4, 0.5) is 5.82 Å². The fourth-order valence-corrected chi connectivity index (χ4v) is 0.891. The number of carbonyl (C=O) groups excluding carboxylic acids is 1. The van der Waals surface area contributed by atoms with Crippen LogP contribution >= 0.6 is 0 Å². The van der Waals surface area contributed by atoms with Crippen molar-refractivity contribution < 1.29 is 19.2 Å². The van der Waals surface area contributed by atoms with Gasteiger partial charge in [0.25, 0.3) is 5.91 Å². The third kappa shape index (κ3) is 3.26. The van der Waals surface area contributed by atoms with Gasteiger partial charge in [-0.15, -0.1) is 0 Å². The average Bonchev–Trinajstić information content (AvgIpc) is 2.50. The third-order valence-corrected chi connectivity index (χ3v) is 1.57. The van der Waals surface area contributed by atoms with Crippen molar-refractivity contribution >= 4 is 17.7 Å². The molecule has 0 atom stereocenters. The van der Waals surface area contributed by atoms with Crippen LogP contribution in [0.5, 0.6) is 0 Å². The van der Waals surface area contributed by atoms with E-state index < -0.39 is 11.9 Å². The number of aliphatic carboxylic acids is 1. The molecule has 1 aromatic heterocycles. The SMILES string of the molecule is C/C(=C\C(=O)O)C(=O)Nc1cc(C)on1. The number of carboxylic acid groups (broad SMARTS) is 1. The smallest absolute Gasteiger partial charge is 0.328 e. The van der Waals surface area contributed by atoms with Crippen molar-refractivity contribution in [1.29, 1.82) is 0 Å². The molecule has 1 heterocycles. The van der Waals surface area contributed by atoms with Crippen molar-refractivity contribution in [2.75, 3.05) is 5.32 Å². The maximum atomic E-state index is 11.3. The Bertz CT molecular complexity index is 420. The number of nitrogens with zero attached hydrogens (tertiary/aromatic N) is 1. The molecular formula is C9H10N2O4. The van der Waals surface area contributed by atoms with Gasteiger partial charge in [-0.1, -0.05) is 5.16 Å². The van der Waals surface area contributed by atoms with Crippen LogP contribution in [-0.4, -0.2) is 22.1 Å². The molecule has 6 heteroatoms. The number of hydrogen-bond acceptors (Lipinski definition) is 4. The maximum absolute atomic E-state index is 11.3. The summed E-state index contributed by atoms with van der Waals surface area (Å²) in [6.07, 6.45) is 0.822. The average molecular weight is 210 g/mol. The lowest BCUT2D eigenvalue weighted by atomic mass is 10.2. The largest absolute Gasteiger partial charge is 0.478 e. The minimum absolute atomic E-state index is 0.0863. The number of nitrogens with one attached hydrogen (secondary N) is 1. The van der Waals surface area contributed by atoms with Crippen LogP contribution in [0.1, 0.15) is 12.7 Å². The second kappa shape index (κ2) is 4.41. The van der Waals surface area contributed by atoms with Crippen molar-refractivity contribution in [3.05, 3.63) is 23.5 Å². The predicted molar refractivity (Wildman–Crippen MR) is 51.3 cm³/mol. The maximum Gasteiger partial charge on any atom is 0.328 e. The molecule has 15 heavy (non-hydrogen) atoms. The van der Waals surface area contributed by atoms with Crippen molar-refractivity contribution in [2.45, 2.75) is 13.8 Å². The van der Waals surface area contributed by atoms with E-state index >= 15 is 0 Å². The van der Waals surface area contributed by atoms with Gasteiger partial charge in [0, 0.05) is 17.7 Å². The molecule has 0 bridgehead atoms. The lowest BCUT2D eigenvalue weighted by molar-refractivity contribution is -0.131. The Morgan fingerprint density at radius 1 is 1.60 bits per heavy atom. The topological polar surface area (TPSA) is 92.4 Å². The van der Waals surface area contributed by atoms with Gasteiger partial charge in [0.2, 0.25) is 0 Å². The summed E-state index contributed by atoms with van der Waals surface area (Å²) in [6, 6.07) is 1.53. The van der Waals surface area contributed by atoms with Gasteiger partial charge in [0.15, 0.2) is 5.82 Å². The molecule has 2 N–H and O–H groups in total. The second-order valence-corrected chi connectivity index (χ2v) is 2.94. The number of aromatic nitrogens is 1. The third-order valence-electron chi connectivity index (χ3n) is 1.57.